The molecule has 1 N–H and O–H groups in total. The van der Waals surface area contributed by atoms with Gasteiger partial charge in [-0.3, -0.25) is 4.79 Å². The molecular weight excluding hydrogens is 316 g/mol. The number of aromatic nitrogens is 1. The maximum absolute atomic E-state index is 12.3. The summed E-state index contributed by atoms with van der Waals surface area (Å²) in [5.74, 6) is 0.574. The summed E-state index contributed by atoms with van der Waals surface area (Å²) in [5, 5.41) is 1.73. The number of aromatic amines is 1. The highest BCUT2D eigenvalue weighted by atomic mass is 35.5. The van der Waals surface area contributed by atoms with E-state index in [1.807, 2.05) is 54.7 Å². The minimum atomic E-state index is 0.0130. The molecule has 3 rings (SSSR count). The molecule has 0 saturated heterocycles. The number of rotatable bonds is 4. The Labute approximate surface area is 138 Å². The maximum Gasteiger partial charge on any atom is 0.254 e. The van der Waals surface area contributed by atoms with E-state index in [4.69, 9.17) is 11.6 Å². The van der Waals surface area contributed by atoms with Crippen molar-refractivity contribution in [2.24, 2.45) is 0 Å². The minimum absolute atomic E-state index is 0.0130. The van der Waals surface area contributed by atoms with Crippen molar-refractivity contribution in [2.45, 2.75) is 4.90 Å². The summed E-state index contributed by atoms with van der Waals surface area (Å²) >= 11 is 7.85. The van der Waals surface area contributed by atoms with Crippen LogP contribution in [0.4, 0.5) is 0 Å². The molecule has 5 heteroatoms. The summed E-state index contributed by atoms with van der Waals surface area (Å²) in [7, 11) is 1.80. The van der Waals surface area contributed by atoms with E-state index in [0.717, 1.165) is 20.8 Å². The van der Waals surface area contributed by atoms with Crippen molar-refractivity contribution in [1.82, 2.24) is 9.88 Å². The average molecular weight is 331 g/mol. The van der Waals surface area contributed by atoms with E-state index in [1.165, 1.54) is 0 Å². The molecule has 0 unspecified atom stereocenters. The van der Waals surface area contributed by atoms with E-state index < -0.39 is 0 Å². The highest BCUT2D eigenvalue weighted by Gasteiger charge is 2.13. The van der Waals surface area contributed by atoms with Crippen LogP contribution in [0.15, 0.2) is 59.6 Å². The van der Waals surface area contributed by atoms with Crippen LogP contribution in [0.3, 0.4) is 0 Å². The Morgan fingerprint density at radius 1 is 1.18 bits per heavy atom. The molecule has 0 aliphatic carbocycles. The quantitative estimate of drug-likeness (QED) is 0.558. The Bertz CT molecular complexity index is 801. The maximum atomic E-state index is 12.3. The van der Waals surface area contributed by atoms with Crippen LogP contribution in [-0.4, -0.2) is 28.7 Å². The lowest BCUT2D eigenvalue weighted by Crippen LogP contribution is -2.26. The number of thioether (sulfide) groups is 1. The predicted molar refractivity (Wildman–Crippen MR) is 92.6 cm³/mol. The van der Waals surface area contributed by atoms with Crippen LogP contribution in [-0.2, 0) is 0 Å². The van der Waals surface area contributed by atoms with E-state index >= 15 is 0 Å². The number of benzene rings is 2. The molecule has 0 radical (unpaired) electrons. The Morgan fingerprint density at radius 2 is 1.95 bits per heavy atom. The zero-order valence-corrected chi connectivity index (χ0v) is 13.6. The fourth-order valence-electron chi connectivity index (χ4n) is 2.25. The van der Waals surface area contributed by atoms with Gasteiger partial charge in [-0.15, -0.1) is 11.8 Å². The molecule has 0 saturated carbocycles. The highest BCUT2D eigenvalue weighted by Crippen LogP contribution is 2.33. The molecule has 112 valence electrons. The highest BCUT2D eigenvalue weighted by molar-refractivity contribution is 7.99. The van der Waals surface area contributed by atoms with Gasteiger partial charge in [-0.2, -0.15) is 0 Å². The Hall–Kier alpha value is -1.91. The van der Waals surface area contributed by atoms with Gasteiger partial charge >= 0.3 is 0 Å². The molecule has 2 aromatic carbocycles. The lowest BCUT2D eigenvalue weighted by molar-refractivity contribution is 0.0820. The summed E-state index contributed by atoms with van der Waals surface area (Å²) in [6.07, 6.45) is 1.93. The summed E-state index contributed by atoms with van der Waals surface area (Å²) < 4.78 is 0. The molecule has 0 fully saturated rings. The van der Waals surface area contributed by atoms with Crippen molar-refractivity contribution in [3.8, 4) is 0 Å². The molecule has 0 aliphatic rings. The van der Waals surface area contributed by atoms with E-state index in [0.29, 0.717) is 11.4 Å². The summed E-state index contributed by atoms with van der Waals surface area (Å²) in [6, 6.07) is 15.1. The number of hydrogen-bond acceptors (Lipinski definition) is 2. The van der Waals surface area contributed by atoms with E-state index in [1.54, 1.807) is 23.7 Å². The number of nitrogens with one attached hydrogen (secondary N) is 1. The summed E-state index contributed by atoms with van der Waals surface area (Å²) in [4.78, 5) is 18.3. The molecule has 1 aromatic heterocycles. The molecular formula is C17H15ClN2OS. The van der Waals surface area contributed by atoms with Crippen molar-refractivity contribution in [3.05, 3.63) is 65.3 Å². The molecule has 0 atom stereocenters. The van der Waals surface area contributed by atoms with Crippen molar-refractivity contribution < 1.29 is 4.79 Å². The second-order valence-electron chi connectivity index (χ2n) is 4.96. The van der Waals surface area contributed by atoms with Crippen molar-refractivity contribution in [3.63, 3.8) is 0 Å². The van der Waals surface area contributed by atoms with Crippen LogP contribution in [0, 0.1) is 0 Å². The lowest BCUT2D eigenvalue weighted by atomic mass is 10.2. The van der Waals surface area contributed by atoms with Crippen LogP contribution in [0.5, 0.6) is 0 Å². The monoisotopic (exact) mass is 330 g/mol. The first-order chi connectivity index (χ1) is 10.7. The van der Waals surface area contributed by atoms with E-state index in [-0.39, 0.29) is 5.91 Å². The number of fused-ring (bicyclic) bond motifs is 1. The molecule has 22 heavy (non-hydrogen) atoms. The van der Waals surface area contributed by atoms with Crippen molar-refractivity contribution in [1.29, 1.82) is 0 Å². The minimum Gasteiger partial charge on any atom is -0.360 e. The molecule has 3 nitrogen and oxygen atoms in total. The normalized spacial score (nSPS) is 10.8. The SMILES string of the molecule is CN(CSc1c[nH]c2cccc(Cl)c12)C(=O)c1ccccc1. The van der Waals surface area contributed by atoms with E-state index in [9.17, 15) is 4.79 Å². The number of halogens is 1. The van der Waals surface area contributed by atoms with Crippen LogP contribution in [0.25, 0.3) is 10.9 Å². The number of H-pyrrole nitrogens is 1. The summed E-state index contributed by atoms with van der Waals surface area (Å²) in [5.41, 5.74) is 1.70. The third-order valence-electron chi connectivity index (χ3n) is 3.40. The van der Waals surface area contributed by atoms with Crippen LogP contribution in [0.1, 0.15) is 10.4 Å². The van der Waals surface area contributed by atoms with E-state index in [2.05, 4.69) is 4.98 Å². The molecule has 1 heterocycles. The predicted octanol–water partition coefficient (Wildman–Crippen LogP) is 4.64. The lowest BCUT2D eigenvalue weighted by Gasteiger charge is -2.16. The first kappa shape index (κ1) is 15.0. The van der Waals surface area contributed by atoms with Crippen molar-refractivity contribution >= 4 is 40.2 Å². The van der Waals surface area contributed by atoms with Crippen LogP contribution >= 0.6 is 23.4 Å². The smallest absolute Gasteiger partial charge is 0.254 e. The Balaban J connectivity index is 1.73. The standard InChI is InChI=1S/C17H15ClN2OS/c1-20(17(21)12-6-3-2-4-7-12)11-22-15-10-19-14-9-5-8-13(18)16(14)15/h2-10,19H,11H2,1H3. The van der Waals surface area contributed by atoms with Gasteiger partial charge in [-0.1, -0.05) is 35.9 Å². The van der Waals surface area contributed by atoms with Gasteiger partial charge in [-0.25, -0.2) is 0 Å². The zero-order valence-electron chi connectivity index (χ0n) is 12.0. The Kier molecular flexibility index (Phi) is 4.41. The number of hydrogen-bond donors (Lipinski definition) is 1. The molecule has 0 spiro atoms. The zero-order chi connectivity index (χ0) is 15.5. The van der Waals surface area contributed by atoms with Gasteiger partial charge in [0.15, 0.2) is 0 Å². The van der Waals surface area contributed by atoms with Crippen molar-refractivity contribution in [2.75, 3.05) is 12.9 Å². The molecule has 3 aromatic rings. The summed E-state index contributed by atoms with van der Waals surface area (Å²) in [6.45, 7) is 0. The fourth-order valence-corrected chi connectivity index (χ4v) is 3.54. The van der Waals surface area contributed by atoms with Gasteiger partial charge in [0.1, 0.15) is 0 Å². The molecule has 0 aliphatic heterocycles. The van der Waals surface area contributed by atoms with Gasteiger partial charge in [0.2, 0.25) is 0 Å². The van der Waals surface area contributed by atoms with Gasteiger partial charge in [-0.05, 0) is 24.3 Å². The second kappa shape index (κ2) is 6.46. The number of carbonyl (C=O) groups excluding carboxylic acids is 1. The topological polar surface area (TPSA) is 36.1 Å². The first-order valence-corrected chi connectivity index (χ1v) is 8.22. The number of carbonyl (C=O) groups is 1. The van der Waals surface area contributed by atoms with Gasteiger partial charge in [0, 0.05) is 34.6 Å². The fraction of sp³-hybridized carbons (Fsp3) is 0.118. The van der Waals surface area contributed by atoms with Crippen LogP contribution < -0.4 is 0 Å². The first-order valence-electron chi connectivity index (χ1n) is 6.86. The van der Waals surface area contributed by atoms with Crippen LogP contribution in [0.2, 0.25) is 5.02 Å². The van der Waals surface area contributed by atoms with Gasteiger partial charge < -0.3 is 9.88 Å². The number of nitrogens with zero attached hydrogens (tertiary/aromatic N) is 1. The number of amides is 1. The second-order valence-corrected chi connectivity index (χ2v) is 6.35. The largest absolute Gasteiger partial charge is 0.360 e. The third kappa shape index (κ3) is 2.98. The third-order valence-corrected chi connectivity index (χ3v) is 4.86. The van der Waals surface area contributed by atoms with Gasteiger partial charge in [0.25, 0.3) is 5.91 Å². The molecule has 0 bridgehead atoms. The average Bonchev–Trinajstić information content (AvgIpc) is 2.97. The molecule has 1 amide bonds. The van der Waals surface area contributed by atoms with Gasteiger partial charge in [0.05, 0.1) is 10.9 Å². The Morgan fingerprint density at radius 3 is 2.73 bits per heavy atom.